The van der Waals surface area contributed by atoms with E-state index < -0.39 is 0 Å². The Balaban J connectivity index is 1.93. The third-order valence-electron chi connectivity index (χ3n) is 3.91. The van der Waals surface area contributed by atoms with E-state index in [1.807, 2.05) is 20.0 Å². The van der Waals surface area contributed by atoms with Crippen molar-refractivity contribution in [2.75, 3.05) is 6.54 Å². The lowest BCUT2D eigenvalue weighted by Gasteiger charge is -2.21. The number of amides is 1. The highest BCUT2D eigenvalue weighted by molar-refractivity contribution is 9.10. The van der Waals surface area contributed by atoms with Gasteiger partial charge < -0.3 is 4.90 Å². The van der Waals surface area contributed by atoms with Gasteiger partial charge in [0.1, 0.15) is 10.6 Å². The molecule has 2 heterocycles. The summed E-state index contributed by atoms with van der Waals surface area (Å²) in [5, 5.41) is 5.33. The summed E-state index contributed by atoms with van der Waals surface area (Å²) in [4.78, 5) is 16.1. The maximum absolute atomic E-state index is 14.1. The first-order valence-corrected chi connectivity index (χ1v) is 9.29. The Morgan fingerprint density at radius 2 is 2.24 bits per heavy atom. The number of carbonyl (C=O) groups excluding carboxylic acids is 1. The Kier molecular flexibility index (Phi) is 5.06. The quantitative estimate of drug-likeness (QED) is 0.561. The molecule has 2 aromatic heterocycles. The smallest absolute Gasteiger partial charge is 0.264 e. The number of thiophene rings is 1. The molecule has 0 aliphatic rings. The number of aromatic nitrogens is 2. The van der Waals surface area contributed by atoms with Gasteiger partial charge in [-0.1, -0.05) is 22.0 Å². The summed E-state index contributed by atoms with van der Waals surface area (Å²) in [5.41, 5.74) is 1.35. The van der Waals surface area contributed by atoms with Gasteiger partial charge in [-0.2, -0.15) is 5.10 Å². The molecule has 7 heteroatoms. The van der Waals surface area contributed by atoms with Crippen molar-refractivity contribution in [3.63, 3.8) is 0 Å². The number of benzene rings is 1. The molecular weight excluding hydrogens is 405 g/mol. The van der Waals surface area contributed by atoms with Crippen LogP contribution < -0.4 is 0 Å². The topological polar surface area (TPSA) is 38.1 Å². The lowest BCUT2D eigenvalue weighted by Crippen LogP contribution is -2.30. The van der Waals surface area contributed by atoms with Gasteiger partial charge in [0.05, 0.1) is 10.6 Å². The van der Waals surface area contributed by atoms with Crippen molar-refractivity contribution in [1.82, 2.24) is 14.7 Å². The number of halogens is 2. The predicted molar refractivity (Wildman–Crippen MR) is 102 cm³/mol. The van der Waals surface area contributed by atoms with E-state index in [0.29, 0.717) is 17.0 Å². The van der Waals surface area contributed by atoms with Crippen LogP contribution in [0.1, 0.15) is 20.9 Å². The Labute approximate surface area is 157 Å². The molecule has 0 atom stereocenters. The van der Waals surface area contributed by atoms with Gasteiger partial charge in [0.2, 0.25) is 0 Å². The Morgan fingerprint density at radius 3 is 2.92 bits per heavy atom. The van der Waals surface area contributed by atoms with E-state index in [1.165, 1.54) is 17.4 Å². The van der Waals surface area contributed by atoms with Gasteiger partial charge in [0, 0.05) is 35.6 Å². The fraction of sp³-hybridized carbons (Fsp3) is 0.222. The number of aryl methyl sites for hydroxylation is 2. The Hall–Kier alpha value is -1.99. The average molecular weight is 422 g/mol. The van der Waals surface area contributed by atoms with Crippen LogP contribution in [0.5, 0.6) is 0 Å². The Bertz CT molecular complexity index is 928. The molecule has 0 aliphatic carbocycles. The molecule has 4 nitrogen and oxygen atoms in total. The van der Waals surface area contributed by atoms with Crippen LogP contribution in [0.15, 0.2) is 41.4 Å². The fourth-order valence-electron chi connectivity index (χ4n) is 2.71. The third-order valence-corrected chi connectivity index (χ3v) is 5.60. The van der Waals surface area contributed by atoms with Crippen molar-refractivity contribution in [2.24, 2.45) is 7.05 Å². The highest BCUT2D eigenvalue weighted by Crippen LogP contribution is 2.29. The van der Waals surface area contributed by atoms with E-state index in [9.17, 15) is 9.18 Å². The van der Waals surface area contributed by atoms with E-state index >= 15 is 0 Å². The minimum absolute atomic E-state index is 0.139. The zero-order valence-electron chi connectivity index (χ0n) is 13.9. The summed E-state index contributed by atoms with van der Waals surface area (Å²) < 4.78 is 16.6. The van der Waals surface area contributed by atoms with E-state index in [2.05, 4.69) is 27.6 Å². The van der Waals surface area contributed by atoms with Gasteiger partial charge in [-0.25, -0.2) is 4.39 Å². The first-order chi connectivity index (χ1) is 11.9. The van der Waals surface area contributed by atoms with Gasteiger partial charge >= 0.3 is 0 Å². The summed E-state index contributed by atoms with van der Waals surface area (Å²) in [7, 11) is 1.86. The van der Waals surface area contributed by atoms with Gasteiger partial charge in [-0.15, -0.1) is 17.9 Å². The predicted octanol–water partition coefficient (Wildman–Crippen LogP) is 4.67. The minimum Gasteiger partial charge on any atom is -0.330 e. The molecule has 0 radical (unpaired) electrons. The SMILES string of the molecule is C=CCN(Cc1cc(Br)ccc1F)C(=O)c1cc2c(C)nn(C)c2s1. The van der Waals surface area contributed by atoms with Crippen molar-refractivity contribution in [3.05, 3.63) is 63.3 Å². The van der Waals surface area contributed by atoms with E-state index in [4.69, 9.17) is 0 Å². The fourth-order valence-corrected chi connectivity index (χ4v) is 4.21. The zero-order chi connectivity index (χ0) is 18.1. The maximum Gasteiger partial charge on any atom is 0.264 e. The molecule has 0 N–H and O–H groups in total. The largest absolute Gasteiger partial charge is 0.330 e. The summed E-state index contributed by atoms with van der Waals surface area (Å²) in [5.74, 6) is -0.471. The number of carbonyl (C=O) groups is 1. The monoisotopic (exact) mass is 421 g/mol. The van der Waals surface area contributed by atoms with Gasteiger partial charge in [-0.3, -0.25) is 9.48 Å². The lowest BCUT2D eigenvalue weighted by atomic mass is 10.2. The molecule has 25 heavy (non-hydrogen) atoms. The second-order valence-corrected chi connectivity index (χ2v) is 7.69. The van der Waals surface area contributed by atoms with Crippen molar-refractivity contribution >= 4 is 43.4 Å². The van der Waals surface area contributed by atoms with Crippen LogP contribution in [-0.2, 0) is 13.6 Å². The van der Waals surface area contributed by atoms with Crippen molar-refractivity contribution in [1.29, 1.82) is 0 Å². The minimum atomic E-state index is -0.332. The van der Waals surface area contributed by atoms with Gasteiger partial charge in [-0.05, 0) is 31.2 Å². The number of fused-ring (bicyclic) bond motifs is 1. The molecule has 1 aromatic carbocycles. The number of hydrogen-bond acceptors (Lipinski definition) is 3. The summed E-state index contributed by atoms with van der Waals surface area (Å²) in [6.07, 6.45) is 1.65. The zero-order valence-corrected chi connectivity index (χ0v) is 16.3. The number of hydrogen-bond donors (Lipinski definition) is 0. The molecular formula is C18H17BrFN3OS. The molecule has 130 valence electrons. The van der Waals surface area contributed by atoms with Crippen molar-refractivity contribution in [3.8, 4) is 0 Å². The van der Waals surface area contributed by atoms with Crippen LogP contribution in [0.25, 0.3) is 10.2 Å². The average Bonchev–Trinajstić information content (AvgIpc) is 3.12. The van der Waals surface area contributed by atoms with Crippen molar-refractivity contribution in [2.45, 2.75) is 13.5 Å². The van der Waals surface area contributed by atoms with Crippen LogP contribution in [0, 0.1) is 12.7 Å². The summed E-state index contributed by atoms with van der Waals surface area (Å²) in [6, 6.07) is 6.58. The first kappa shape index (κ1) is 17.8. The lowest BCUT2D eigenvalue weighted by molar-refractivity contribution is 0.0766. The number of nitrogens with zero attached hydrogens (tertiary/aromatic N) is 3. The molecule has 1 amide bonds. The van der Waals surface area contributed by atoms with E-state index in [1.54, 1.807) is 27.8 Å². The van der Waals surface area contributed by atoms with Crippen LogP contribution in [0.2, 0.25) is 0 Å². The van der Waals surface area contributed by atoms with E-state index in [-0.39, 0.29) is 18.3 Å². The van der Waals surface area contributed by atoms with Crippen LogP contribution >= 0.6 is 27.3 Å². The van der Waals surface area contributed by atoms with Crippen LogP contribution in [0.3, 0.4) is 0 Å². The second kappa shape index (κ2) is 7.09. The molecule has 0 unspecified atom stereocenters. The molecule has 3 aromatic rings. The number of rotatable bonds is 5. The molecule has 0 saturated heterocycles. The van der Waals surface area contributed by atoms with Crippen molar-refractivity contribution < 1.29 is 9.18 Å². The summed E-state index contributed by atoms with van der Waals surface area (Å²) >= 11 is 4.74. The molecule has 0 aliphatic heterocycles. The molecule has 0 bridgehead atoms. The molecule has 0 saturated carbocycles. The highest BCUT2D eigenvalue weighted by Gasteiger charge is 2.21. The molecule has 3 rings (SSSR count). The third kappa shape index (κ3) is 3.52. The summed E-state index contributed by atoms with van der Waals surface area (Å²) in [6.45, 7) is 6.16. The standard InChI is InChI=1S/C18H17BrFN3OS/c1-4-7-23(10-12-8-13(19)5-6-15(12)20)17(24)16-9-14-11(2)21-22(3)18(14)25-16/h4-6,8-9H,1,7,10H2,2-3H3. The Morgan fingerprint density at radius 1 is 1.48 bits per heavy atom. The van der Waals surface area contributed by atoms with Crippen LogP contribution in [0.4, 0.5) is 4.39 Å². The second-order valence-electron chi connectivity index (χ2n) is 5.75. The van der Waals surface area contributed by atoms with E-state index in [0.717, 1.165) is 20.4 Å². The van der Waals surface area contributed by atoms with Gasteiger partial charge in [0.25, 0.3) is 5.91 Å². The normalized spacial score (nSPS) is 11.0. The van der Waals surface area contributed by atoms with Crippen LogP contribution in [-0.4, -0.2) is 27.1 Å². The first-order valence-electron chi connectivity index (χ1n) is 7.68. The maximum atomic E-state index is 14.1. The highest BCUT2D eigenvalue weighted by atomic mass is 79.9. The molecule has 0 spiro atoms. The van der Waals surface area contributed by atoms with Gasteiger partial charge in [0.15, 0.2) is 0 Å². The molecule has 0 fully saturated rings.